The van der Waals surface area contributed by atoms with Crippen LogP contribution < -0.4 is 5.32 Å². The molecule has 0 aliphatic heterocycles. The first-order valence-corrected chi connectivity index (χ1v) is 7.89. The van der Waals surface area contributed by atoms with Crippen LogP contribution in [0.15, 0.2) is 54.9 Å². The number of amides is 1. The summed E-state index contributed by atoms with van der Waals surface area (Å²) in [6.45, 7) is 4.05. The molecule has 3 aromatic rings. The fraction of sp³-hybridized carbons (Fsp3) is 0.200. The van der Waals surface area contributed by atoms with Gasteiger partial charge in [-0.2, -0.15) is 0 Å². The van der Waals surface area contributed by atoms with Gasteiger partial charge < -0.3 is 9.88 Å². The number of carbonyl (C=O) groups is 1. The molecular formula is C20H19N3O. The Kier molecular flexibility index (Phi) is 4.35. The number of para-hydroxylation sites is 2. The third kappa shape index (κ3) is 3.02. The Hall–Kier alpha value is -3.06. The summed E-state index contributed by atoms with van der Waals surface area (Å²) in [6, 6.07) is 14.7. The van der Waals surface area contributed by atoms with E-state index in [4.69, 9.17) is 6.42 Å². The highest BCUT2D eigenvalue weighted by molar-refractivity contribution is 5.95. The van der Waals surface area contributed by atoms with E-state index in [2.05, 4.69) is 16.2 Å². The van der Waals surface area contributed by atoms with E-state index in [9.17, 15) is 4.79 Å². The maximum Gasteiger partial charge on any atom is 0.247 e. The molecule has 1 N–H and O–H groups in total. The number of imidazole rings is 1. The maximum absolute atomic E-state index is 12.9. The van der Waals surface area contributed by atoms with Crippen molar-refractivity contribution in [2.45, 2.75) is 19.9 Å². The summed E-state index contributed by atoms with van der Waals surface area (Å²) in [6.07, 6.45) is 7.15. The number of nitrogens with one attached hydrogen (secondary N) is 1. The van der Waals surface area contributed by atoms with E-state index in [1.165, 1.54) is 0 Å². The molecule has 1 amide bonds. The second-order valence-electron chi connectivity index (χ2n) is 6.04. The zero-order chi connectivity index (χ0) is 17.1. The van der Waals surface area contributed by atoms with Crippen LogP contribution in [-0.4, -0.2) is 15.5 Å². The first-order valence-electron chi connectivity index (χ1n) is 7.89. The molecule has 1 aromatic heterocycles. The largest absolute Gasteiger partial charge is 0.324 e. The van der Waals surface area contributed by atoms with Gasteiger partial charge in [0.1, 0.15) is 6.04 Å². The van der Waals surface area contributed by atoms with Gasteiger partial charge in [-0.25, -0.2) is 4.98 Å². The Morgan fingerprint density at radius 3 is 2.75 bits per heavy atom. The Balaban J connectivity index is 1.93. The van der Waals surface area contributed by atoms with Crippen molar-refractivity contribution in [3.05, 3.63) is 60.4 Å². The van der Waals surface area contributed by atoms with Crippen molar-refractivity contribution >= 4 is 22.6 Å². The number of fused-ring (bicyclic) bond motifs is 1. The molecule has 0 aliphatic carbocycles. The second-order valence-corrected chi connectivity index (χ2v) is 6.04. The van der Waals surface area contributed by atoms with Gasteiger partial charge >= 0.3 is 0 Å². The van der Waals surface area contributed by atoms with E-state index in [1.807, 2.05) is 60.9 Å². The third-order valence-electron chi connectivity index (χ3n) is 3.98. The van der Waals surface area contributed by atoms with Gasteiger partial charge in [0.05, 0.1) is 17.4 Å². The second kappa shape index (κ2) is 6.59. The molecule has 0 saturated carbocycles. The summed E-state index contributed by atoms with van der Waals surface area (Å²) in [5.74, 6) is 2.61. The number of nitrogens with zero attached hydrogens (tertiary/aromatic N) is 2. The van der Waals surface area contributed by atoms with Crippen molar-refractivity contribution in [3.8, 4) is 12.3 Å². The van der Waals surface area contributed by atoms with Gasteiger partial charge in [-0.3, -0.25) is 4.79 Å². The number of terminal acetylenes is 1. The molecule has 4 heteroatoms. The number of rotatable bonds is 4. The highest BCUT2D eigenvalue weighted by Crippen LogP contribution is 2.25. The van der Waals surface area contributed by atoms with E-state index < -0.39 is 0 Å². The van der Waals surface area contributed by atoms with Crippen molar-refractivity contribution in [3.63, 3.8) is 0 Å². The van der Waals surface area contributed by atoms with Crippen LogP contribution in [0.2, 0.25) is 0 Å². The predicted octanol–water partition coefficient (Wildman–Crippen LogP) is 3.85. The molecule has 0 bridgehead atoms. The fourth-order valence-corrected chi connectivity index (χ4v) is 2.85. The molecule has 120 valence electrons. The molecule has 0 aliphatic rings. The van der Waals surface area contributed by atoms with Crippen LogP contribution in [0.1, 0.15) is 25.5 Å². The number of hydrogen-bond acceptors (Lipinski definition) is 2. The van der Waals surface area contributed by atoms with Crippen molar-refractivity contribution in [2.75, 3.05) is 5.32 Å². The van der Waals surface area contributed by atoms with Crippen molar-refractivity contribution in [1.29, 1.82) is 0 Å². The fourth-order valence-electron chi connectivity index (χ4n) is 2.85. The van der Waals surface area contributed by atoms with E-state index in [0.29, 0.717) is 5.69 Å². The summed E-state index contributed by atoms with van der Waals surface area (Å²) in [5.41, 5.74) is 3.27. The summed E-state index contributed by atoms with van der Waals surface area (Å²) < 4.78 is 1.93. The Morgan fingerprint density at radius 1 is 1.21 bits per heavy atom. The molecule has 1 heterocycles. The van der Waals surface area contributed by atoms with Crippen LogP contribution >= 0.6 is 0 Å². The number of hydrogen-bond donors (Lipinski definition) is 1. The first-order chi connectivity index (χ1) is 11.6. The van der Waals surface area contributed by atoms with Crippen LogP contribution in [0.4, 0.5) is 5.69 Å². The molecule has 2 aromatic carbocycles. The third-order valence-corrected chi connectivity index (χ3v) is 3.98. The van der Waals surface area contributed by atoms with Crippen LogP contribution in [0.5, 0.6) is 0 Å². The van der Waals surface area contributed by atoms with E-state index in [-0.39, 0.29) is 17.9 Å². The highest BCUT2D eigenvalue weighted by atomic mass is 16.2. The average molecular weight is 317 g/mol. The monoisotopic (exact) mass is 317 g/mol. The molecule has 0 fully saturated rings. The van der Waals surface area contributed by atoms with Crippen molar-refractivity contribution in [1.82, 2.24) is 9.55 Å². The van der Waals surface area contributed by atoms with E-state index >= 15 is 0 Å². The topological polar surface area (TPSA) is 46.9 Å². The van der Waals surface area contributed by atoms with Crippen molar-refractivity contribution < 1.29 is 4.79 Å². The minimum atomic E-state index is -0.355. The zero-order valence-electron chi connectivity index (χ0n) is 13.7. The van der Waals surface area contributed by atoms with E-state index in [1.54, 1.807) is 12.4 Å². The summed E-state index contributed by atoms with van der Waals surface area (Å²) in [5, 5.41) is 2.97. The maximum atomic E-state index is 12.9. The number of anilines is 1. The highest BCUT2D eigenvalue weighted by Gasteiger charge is 2.25. The molecule has 0 radical (unpaired) electrons. The molecular weight excluding hydrogens is 298 g/mol. The molecule has 24 heavy (non-hydrogen) atoms. The van der Waals surface area contributed by atoms with Gasteiger partial charge in [-0.15, -0.1) is 6.42 Å². The molecule has 0 spiro atoms. The molecule has 0 unspecified atom stereocenters. The minimum Gasteiger partial charge on any atom is -0.324 e. The summed E-state index contributed by atoms with van der Waals surface area (Å²) in [7, 11) is 0. The van der Waals surface area contributed by atoms with E-state index in [0.717, 1.165) is 16.6 Å². The molecule has 1 atom stereocenters. The normalized spacial score (nSPS) is 12.1. The quantitative estimate of drug-likeness (QED) is 0.743. The van der Waals surface area contributed by atoms with Gasteiger partial charge in [0, 0.05) is 11.3 Å². The number of aromatic nitrogens is 2. The molecule has 3 rings (SSSR count). The Labute approximate surface area is 141 Å². The SMILES string of the molecule is C#Cc1cccc(NC(=O)[C@H](C(C)C)n2cnc3ccccc32)c1. The minimum absolute atomic E-state index is 0.0812. The van der Waals surface area contributed by atoms with Crippen LogP contribution in [0, 0.1) is 18.3 Å². The van der Waals surface area contributed by atoms with Crippen molar-refractivity contribution in [2.24, 2.45) is 5.92 Å². The molecule has 4 nitrogen and oxygen atoms in total. The lowest BCUT2D eigenvalue weighted by molar-refractivity contribution is -0.120. The van der Waals surface area contributed by atoms with Gasteiger partial charge in [0.15, 0.2) is 0 Å². The summed E-state index contributed by atoms with van der Waals surface area (Å²) in [4.78, 5) is 17.3. The van der Waals surface area contributed by atoms with Gasteiger partial charge in [0.25, 0.3) is 0 Å². The first kappa shape index (κ1) is 15.8. The van der Waals surface area contributed by atoms with Crippen LogP contribution in [0.3, 0.4) is 0 Å². The lowest BCUT2D eigenvalue weighted by atomic mass is 10.0. The standard InChI is InChI=1S/C20H19N3O/c1-4-15-8-7-9-16(12-15)22-20(24)19(14(2)3)23-13-21-17-10-5-6-11-18(17)23/h1,5-14,19H,2-3H3,(H,22,24)/t19-/m0/s1. The van der Waals surface area contributed by atoms with Crippen LogP contribution in [0.25, 0.3) is 11.0 Å². The average Bonchev–Trinajstić information content (AvgIpc) is 2.99. The Morgan fingerprint density at radius 2 is 2.00 bits per heavy atom. The zero-order valence-corrected chi connectivity index (χ0v) is 13.7. The van der Waals surface area contributed by atoms with Crippen LogP contribution in [-0.2, 0) is 4.79 Å². The number of benzene rings is 2. The predicted molar refractivity (Wildman–Crippen MR) is 96.6 cm³/mol. The smallest absolute Gasteiger partial charge is 0.247 e. The summed E-state index contributed by atoms with van der Waals surface area (Å²) >= 11 is 0. The number of carbonyl (C=O) groups excluding carboxylic acids is 1. The lowest BCUT2D eigenvalue weighted by Gasteiger charge is -2.22. The van der Waals surface area contributed by atoms with Gasteiger partial charge in [-0.05, 0) is 36.2 Å². The molecule has 0 saturated heterocycles. The lowest BCUT2D eigenvalue weighted by Crippen LogP contribution is -2.29. The van der Waals surface area contributed by atoms with Gasteiger partial charge in [0.2, 0.25) is 5.91 Å². The Bertz CT molecular complexity index is 918. The van der Waals surface area contributed by atoms with Gasteiger partial charge in [-0.1, -0.05) is 38.0 Å².